The summed E-state index contributed by atoms with van der Waals surface area (Å²) >= 11 is 0. The van der Waals surface area contributed by atoms with E-state index < -0.39 is 0 Å². The molecule has 0 saturated heterocycles. The van der Waals surface area contributed by atoms with Crippen LogP contribution in [0, 0.1) is 5.41 Å². The van der Waals surface area contributed by atoms with Crippen LogP contribution in [0.15, 0.2) is 12.7 Å². The molecule has 40 valence electrons. The summed E-state index contributed by atoms with van der Waals surface area (Å²) in [7, 11) is 0. The molecule has 0 aromatic heterocycles. The zero-order valence-electron chi connectivity index (χ0n) is 4.91. The maximum absolute atomic E-state index is 3.69. The van der Waals surface area contributed by atoms with Crippen LogP contribution >= 0.6 is 0 Å². The minimum Gasteiger partial charge on any atom is -0.103 e. The molecule has 1 aliphatic carbocycles. The van der Waals surface area contributed by atoms with Gasteiger partial charge in [-0.2, -0.15) is 0 Å². The second-order valence-corrected chi connectivity index (χ2v) is 2.80. The molecule has 0 bridgehead atoms. The summed E-state index contributed by atoms with van der Waals surface area (Å²) in [4.78, 5) is 0. The molecule has 0 atom stereocenters. The first-order valence-corrected chi connectivity index (χ1v) is 2.88. The molecule has 0 amide bonds. The lowest BCUT2D eigenvalue weighted by molar-refractivity contribution is 0.585. The maximum Gasteiger partial charge on any atom is -0.0291 e. The summed E-state index contributed by atoms with van der Waals surface area (Å²) in [6, 6.07) is 0. The zero-order valence-corrected chi connectivity index (χ0v) is 4.91. The van der Waals surface area contributed by atoms with Crippen LogP contribution < -0.4 is 0 Å². The Morgan fingerprint density at radius 2 is 2.29 bits per heavy atom. The van der Waals surface area contributed by atoms with E-state index in [0.29, 0.717) is 5.41 Å². The largest absolute Gasteiger partial charge is 0.103 e. The third-order valence-electron chi connectivity index (χ3n) is 1.74. The van der Waals surface area contributed by atoms with E-state index in [1.807, 2.05) is 6.08 Å². The minimum absolute atomic E-state index is 0.682. The van der Waals surface area contributed by atoms with Gasteiger partial charge in [0.25, 0.3) is 0 Å². The fourth-order valence-electron chi connectivity index (χ4n) is 0.766. The summed E-state index contributed by atoms with van der Waals surface area (Å²) in [5.41, 5.74) is 0.682. The van der Waals surface area contributed by atoms with E-state index in [1.54, 1.807) is 0 Å². The fourth-order valence-corrected chi connectivity index (χ4v) is 0.766. The lowest BCUT2D eigenvalue weighted by atomic mass is 10.1. The quantitative estimate of drug-likeness (QED) is 0.463. The molecule has 1 rings (SSSR count). The maximum atomic E-state index is 3.69. The first-order chi connectivity index (χ1) is 3.27. The fraction of sp³-hybridized carbons (Fsp3) is 0.714. The highest BCUT2D eigenvalue weighted by molar-refractivity contribution is 4.93. The Hall–Kier alpha value is -0.260. The normalized spacial score (nSPS) is 24.1. The molecule has 1 fully saturated rings. The molecule has 0 aromatic carbocycles. The van der Waals surface area contributed by atoms with Crippen molar-refractivity contribution >= 4 is 0 Å². The van der Waals surface area contributed by atoms with Gasteiger partial charge in [0, 0.05) is 0 Å². The summed E-state index contributed by atoms with van der Waals surface area (Å²) in [5, 5.41) is 0. The van der Waals surface area contributed by atoms with Gasteiger partial charge in [-0.25, -0.2) is 0 Å². The summed E-state index contributed by atoms with van der Waals surface area (Å²) in [6.45, 7) is 6.00. The first kappa shape index (κ1) is 4.89. The van der Waals surface area contributed by atoms with E-state index in [-0.39, 0.29) is 0 Å². The Morgan fingerprint density at radius 3 is 2.43 bits per heavy atom. The lowest BCUT2D eigenvalue weighted by Crippen LogP contribution is -1.86. The molecule has 0 spiro atoms. The average molecular weight is 96.2 g/mol. The molecular formula is C7H12. The highest BCUT2D eigenvalue weighted by Crippen LogP contribution is 2.48. The Labute approximate surface area is 45.2 Å². The lowest BCUT2D eigenvalue weighted by Gasteiger charge is -1.98. The van der Waals surface area contributed by atoms with Crippen molar-refractivity contribution in [1.82, 2.24) is 0 Å². The van der Waals surface area contributed by atoms with Crippen molar-refractivity contribution < 1.29 is 0 Å². The Bertz CT molecular complexity index is 78.0. The van der Waals surface area contributed by atoms with Crippen LogP contribution in [0.3, 0.4) is 0 Å². The summed E-state index contributed by atoms with van der Waals surface area (Å²) < 4.78 is 0. The van der Waals surface area contributed by atoms with E-state index >= 15 is 0 Å². The van der Waals surface area contributed by atoms with Crippen LogP contribution in [0.25, 0.3) is 0 Å². The smallest absolute Gasteiger partial charge is 0.0291 e. The van der Waals surface area contributed by atoms with Gasteiger partial charge in [-0.3, -0.25) is 0 Å². The van der Waals surface area contributed by atoms with Gasteiger partial charge >= 0.3 is 0 Å². The molecule has 0 heteroatoms. The van der Waals surface area contributed by atoms with Crippen LogP contribution in [-0.4, -0.2) is 0 Å². The van der Waals surface area contributed by atoms with Crippen LogP contribution in [0.5, 0.6) is 0 Å². The first-order valence-electron chi connectivity index (χ1n) is 2.88. The van der Waals surface area contributed by atoms with Gasteiger partial charge in [-0.15, -0.1) is 6.58 Å². The molecule has 0 N–H and O–H groups in total. The summed E-state index contributed by atoms with van der Waals surface area (Å²) in [5.74, 6) is 0. The van der Waals surface area contributed by atoms with E-state index in [1.165, 1.54) is 19.3 Å². The molecule has 0 aromatic rings. The van der Waals surface area contributed by atoms with Crippen molar-refractivity contribution in [2.75, 3.05) is 0 Å². The zero-order chi connectivity index (χ0) is 5.33. The van der Waals surface area contributed by atoms with E-state index in [4.69, 9.17) is 0 Å². The molecule has 7 heavy (non-hydrogen) atoms. The monoisotopic (exact) mass is 96.1 g/mol. The molecule has 0 unspecified atom stereocenters. The third-order valence-corrected chi connectivity index (χ3v) is 1.74. The van der Waals surface area contributed by atoms with Gasteiger partial charge in [-0.05, 0) is 24.7 Å². The second kappa shape index (κ2) is 1.36. The van der Waals surface area contributed by atoms with Gasteiger partial charge in [0.05, 0.1) is 0 Å². The van der Waals surface area contributed by atoms with Crippen molar-refractivity contribution in [3.05, 3.63) is 12.7 Å². The Kier molecular flexibility index (Phi) is 0.949. The van der Waals surface area contributed by atoms with Crippen molar-refractivity contribution in [3.63, 3.8) is 0 Å². The van der Waals surface area contributed by atoms with Crippen LogP contribution in [-0.2, 0) is 0 Å². The van der Waals surface area contributed by atoms with E-state index in [2.05, 4.69) is 13.5 Å². The molecule has 1 saturated carbocycles. The van der Waals surface area contributed by atoms with Gasteiger partial charge < -0.3 is 0 Å². The Balaban J connectivity index is 2.25. The molecule has 0 aliphatic heterocycles. The number of hydrogen-bond acceptors (Lipinski definition) is 0. The highest BCUT2D eigenvalue weighted by atomic mass is 14.4. The van der Waals surface area contributed by atoms with Gasteiger partial charge in [0.15, 0.2) is 0 Å². The SMILES string of the molecule is C=CCC1(C)CC1. The van der Waals surface area contributed by atoms with E-state index in [9.17, 15) is 0 Å². The predicted octanol–water partition coefficient (Wildman–Crippen LogP) is 2.36. The van der Waals surface area contributed by atoms with E-state index in [0.717, 1.165) is 0 Å². The topological polar surface area (TPSA) is 0 Å². The second-order valence-electron chi connectivity index (χ2n) is 2.80. The Morgan fingerprint density at radius 1 is 1.71 bits per heavy atom. The van der Waals surface area contributed by atoms with Crippen molar-refractivity contribution in [1.29, 1.82) is 0 Å². The van der Waals surface area contributed by atoms with Crippen molar-refractivity contribution in [2.45, 2.75) is 26.2 Å². The number of hydrogen-bond donors (Lipinski definition) is 0. The molecule has 0 radical (unpaired) electrons. The molecular weight excluding hydrogens is 84.1 g/mol. The molecule has 1 aliphatic rings. The van der Waals surface area contributed by atoms with Crippen LogP contribution in [0.2, 0.25) is 0 Å². The third kappa shape index (κ3) is 1.05. The van der Waals surface area contributed by atoms with Crippen LogP contribution in [0.1, 0.15) is 26.2 Å². The number of allylic oxidation sites excluding steroid dienone is 1. The number of rotatable bonds is 2. The van der Waals surface area contributed by atoms with Gasteiger partial charge in [-0.1, -0.05) is 13.0 Å². The standard InChI is InChI=1S/C7H12/c1-3-4-7(2)5-6-7/h3H,1,4-6H2,2H3. The molecule has 0 nitrogen and oxygen atoms in total. The van der Waals surface area contributed by atoms with Gasteiger partial charge in [0.2, 0.25) is 0 Å². The van der Waals surface area contributed by atoms with Crippen molar-refractivity contribution in [3.8, 4) is 0 Å². The highest BCUT2D eigenvalue weighted by Gasteiger charge is 2.35. The summed E-state index contributed by atoms with van der Waals surface area (Å²) in [6.07, 6.45) is 6.07. The van der Waals surface area contributed by atoms with Gasteiger partial charge in [0.1, 0.15) is 0 Å². The molecule has 0 heterocycles. The average Bonchev–Trinajstić information content (AvgIpc) is 2.22. The van der Waals surface area contributed by atoms with Crippen molar-refractivity contribution in [2.24, 2.45) is 5.41 Å². The predicted molar refractivity (Wildman–Crippen MR) is 32.2 cm³/mol. The minimum atomic E-state index is 0.682. The van der Waals surface area contributed by atoms with Crippen LogP contribution in [0.4, 0.5) is 0 Å².